The molecule has 18 heavy (non-hydrogen) atoms. The molecule has 0 saturated heterocycles. The Morgan fingerprint density at radius 2 is 1.94 bits per heavy atom. The number of nitro groups is 1. The topological polar surface area (TPSA) is 55.2 Å². The van der Waals surface area contributed by atoms with E-state index in [1.165, 1.54) is 6.07 Å². The molecule has 2 unspecified atom stereocenters. The predicted octanol–water partition coefficient (Wildman–Crippen LogP) is 3.60. The Morgan fingerprint density at radius 1 is 1.33 bits per heavy atom. The predicted molar refractivity (Wildman–Crippen MR) is 74.2 cm³/mol. The Balaban J connectivity index is 3.31. The van der Waals surface area contributed by atoms with E-state index in [2.05, 4.69) is 19.2 Å². The van der Waals surface area contributed by atoms with Crippen molar-refractivity contribution >= 4 is 17.3 Å². The second-order valence-electron chi connectivity index (χ2n) is 4.81. The van der Waals surface area contributed by atoms with E-state index in [1.54, 1.807) is 12.1 Å². The van der Waals surface area contributed by atoms with E-state index in [0.717, 1.165) is 5.56 Å². The zero-order valence-corrected chi connectivity index (χ0v) is 11.9. The molecule has 0 bridgehead atoms. The smallest absolute Gasteiger partial charge is 0.274 e. The van der Waals surface area contributed by atoms with Crippen LogP contribution < -0.4 is 5.32 Å². The zero-order valence-electron chi connectivity index (χ0n) is 11.1. The molecule has 1 aromatic rings. The maximum Gasteiger partial charge on any atom is 0.274 e. The van der Waals surface area contributed by atoms with Crippen LogP contribution in [0.25, 0.3) is 0 Å². The summed E-state index contributed by atoms with van der Waals surface area (Å²) in [6.07, 6.45) is 0. The summed E-state index contributed by atoms with van der Waals surface area (Å²) >= 11 is 5.84. The molecule has 0 aliphatic carbocycles. The first-order valence-corrected chi connectivity index (χ1v) is 6.37. The highest BCUT2D eigenvalue weighted by Crippen LogP contribution is 2.35. The van der Waals surface area contributed by atoms with Crippen LogP contribution in [0.5, 0.6) is 0 Å². The Bertz CT molecular complexity index is 435. The van der Waals surface area contributed by atoms with E-state index in [1.807, 2.05) is 14.0 Å². The standard InChI is InChI=1S/C13H19ClN2O2/c1-8(2)13(9(3)15-4)11-6-5-10(14)7-12(11)16(17)18/h5-9,13,15H,1-4H3. The van der Waals surface area contributed by atoms with E-state index in [-0.39, 0.29) is 22.6 Å². The number of hydrogen-bond acceptors (Lipinski definition) is 3. The summed E-state index contributed by atoms with van der Waals surface area (Å²) in [6, 6.07) is 5.06. The van der Waals surface area contributed by atoms with Crippen LogP contribution in [0.4, 0.5) is 5.69 Å². The van der Waals surface area contributed by atoms with Gasteiger partial charge in [-0.05, 0) is 26.0 Å². The maximum atomic E-state index is 11.1. The molecule has 1 N–H and O–H groups in total. The van der Waals surface area contributed by atoms with Crippen LogP contribution in [-0.4, -0.2) is 18.0 Å². The Morgan fingerprint density at radius 3 is 2.39 bits per heavy atom. The van der Waals surface area contributed by atoms with E-state index in [4.69, 9.17) is 11.6 Å². The minimum absolute atomic E-state index is 0.0765. The molecule has 0 amide bonds. The molecule has 0 saturated carbocycles. The molecule has 1 rings (SSSR count). The molecule has 100 valence electrons. The first-order chi connectivity index (χ1) is 8.38. The van der Waals surface area contributed by atoms with Gasteiger partial charge in [0.05, 0.1) is 4.92 Å². The van der Waals surface area contributed by atoms with Crippen molar-refractivity contribution in [1.82, 2.24) is 5.32 Å². The number of rotatable bonds is 5. The van der Waals surface area contributed by atoms with Gasteiger partial charge in [0, 0.05) is 28.6 Å². The molecular formula is C13H19ClN2O2. The molecular weight excluding hydrogens is 252 g/mol. The monoisotopic (exact) mass is 270 g/mol. The van der Waals surface area contributed by atoms with E-state index in [9.17, 15) is 10.1 Å². The molecule has 5 heteroatoms. The summed E-state index contributed by atoms with van der Waals surface area (Å²) in [5, 5.41) is 14.7. The highest BCUT2D eigenvalue weighted by Gasteiger charge is 2.28. The van der Waals surface area contributed by atoms with Crippen LogP contribution >= 0.6 is 11.6 Å². The zero-order chi connectivity index (χ0) is 13.9. The number of nitro benzene ring substituents is 1. The maximum absolute atomic E-state index is 11.1. The van der Waals surface area contributed by atoms with Crippen LogP contribution in [0.3, 0.4) is 0 Å². The minimum Gasteiger partial charge on any atom is -0.317 e. The summed E-state index contributed by atoms with van der Waals surface area (Å²) in [4.78, 5) is 10.8. The van der Waals surface area contributed by atoms with Crippen LogP contribution in [0.15, 0.2) is 18.2 Å². The Labute approximate surface area is 112 Å². The largest absolute Gasteiger partial charge is 0.317 e. The van der Waals surface area contributed by atoms with Crippen molar-refractivity contribution in [3.63, 3.8) is 0 Å². The summed E-state index contributed by atoms with van der Waals surface area (Å²) in [6.45, 7) is 6.16. The van der Waals surface area contributed by atoms with Crippen LogP contribution in [0, 0.1) is 16.0 Å². The SMILES string of the molecule is CNC(C)C(c1ccc(Cl)cc1[N+](=O)[O-])C(C)C. The highest BCUT2D eigenvalue weighted by molar-refractivity contribution is 6.30. The molecule has 0 aliphatic heterocycles. The molecule has 0 fully saturated rings. The average Bonchev–Trinajstić information content (AvgIpc) is 2.30. The van der Waals surface area contributed by atoms with Gasteiger partial charge < -0.3 is 5.32 Å². The van der Waals surface area contributed by atoms with Gasteiger partial charge in [0.2, 0.25) is 0 Å². The normalized spacial score (nSPS) is 14.6. The lowest BCUT2D eigenvalue weighted by Gasteiger charge is -2.27. The molecule has 0 radical (unpaired) electrons. The van der Waals surface area contributed by atoms with Gasteiger partial charge in [0.1, 0.15) is 0 Å². The number of halogens is 1. The lowest BCUT2D eigenvalue weighted by molar-refractivity contribution is -0.385. The fourth-order valence-corrected chi connectivity index (χ4v) is 2.51. The van der Waals surface area contributed by atoms with Gasteiger partial charge in [0.25, 0.3) is 5.69 Å². The second kappa shape index (κ2) is 6.16. The van der Waals surface area contributed by atoms with E-state index < -0.39 is 0 Å². The molecule has 4 nitrogen and oxygen atoms in total. The molecule has 1 aromatic carbocycles. The van der Waals surface area contributed by atoms with Crippen molar-refractivity contribution in [1.29, 1.82) is 0 Å². The molecule has 0 heterocycles. The molecule has 0 aliphatic rings. The summed E-state index contributed by atoms with van der Waals surface area (Å²) in [5.41, 5.74) is 0.838. The third-order valence-electron chi connectivity index (χ3n) is 3.26. The summed E-state index contributed by atoms with van der Waals surface area (Å²) in [7, 11) is 1.86. The van der Waals surface area contributed by atoms with Gasteiger partial charge in [0.15, 0.2) is 0 Å². The van der Waals surface area contributed by atoms with Gasteiger partial charge in [-0.2, -0.15) is 0 Å². The third-order valence-corrected chi connectivity index (χ3v) is 3.50. The Hall–Kier alpha value is -1.13. The number of benzene rings is 1. The first kappa shape index (κ1) is 14.9. The van der Waals surface area contributed by atoms with E-state index in [0.29, 0.717) is 10.9 Å². The lowest BCUT2D eigenvalue weighted by atomic mass is 9.82. The van der Waals surface area contributed by atoms with Crippen molar-refractivity contribution < 1.29 is 4.92 Å². The van der Waals surface area contributed by atoms with Gasteiger partial charge in [-0.25, -0.2) is 0 Å². The van der Waals surface area contributed by atoms with Crippen LogP contribution in [0.2, 0.25) is 5.02 Å². The fraction of sp³-hybridized carbons (Fsp3) is 0.538. The van der Waals surface area contributed by atoms with Crippen LogP contribution in [0.1, 0.15) is 32.3 Å². The Kier molecular flexibility index (Phi) is 5.11. The van der Waals surface area contributed by atoms with Gasteiger partial charge >= 0.3 is 0 Å². The minimum atomic E-state index is -0.362. The molecule has 0 aromatic heterocycles. The number of nitrogens with zero attached hydrogens (tertiary/aromatic N) is 1. The van der Waals surface area contributed by atoms with Crippen LogP contribution in [-0.2, 0) is 0 Å². The van der Waals surface area contributed by atoms with Crippen molar-refractivity contribution in [3.8, 4) is 0 Å². The average molecular weight is 271 g/mol. The first-order valence-electron chi connectivity index (χ1n) is 5.99. The van der Waals surface area contributed by atoms with Gasteiger partial charge in [-0.3, -0.25) is 10.1 Å². The van der Waals surface area contributed by atoms with Gasteiger partial charge in [-0.15, -0.1) is 0 Å². The van der Waals surface area contributed by atoms with Gasteiger partial charge in [-0.1, -0.05) is 31.5 Å². The quantitative estimate of drug-likeness (QED) is 0.657. The third kappa shape index (κ3) is 3.21. The van der Waals surface area contributed by atoms with Crippen molar-refractivity contribution in [3.05, 3.63) is 38.9 Å². The highest BCUT2D eigenvalue weighted by atomic mass is 35.5. The number of hydrogen-bond donors (Lipinski definition) is 1. The molecule has 0 spiro atoms. The van der Waals surface area contributed by atoms with Crippen molar-refractivity contribution in [2.45, 2.75) is 32.7 Å². The van der Waals surface area contributed by atoms with Crippen molar-refractivity contribution in [2.75, 3.05) is 7.05 Å². The second-order valence-corrected chi connectivity index (χ2v) is 5.24. The van der Waals surface area contributed by atoms with E-state index >= 15 is 0 Å². The fourth-order valence-electron chi connectivity index (χ4n) is 2.34. The summed E-state index contributed by atoms with van der Waals surface area (Å²) < 4.78 is 0. The number of nitrogens with one attached hydrogen (secondary N) is 1. The van der Waals surface area contributed by atoms with Crippen molar-refractivity contribution in [2.24, 2.45) is 5.92 Å². The number of likely N-dealkylation sites (N-methyl/N-ethyl adjacent to an activating group) is 1. The lowest BCUT2D eigenvalue weighted by Crippen LogP contribution is -2.32. The molecule has 2 atom stereocenters. The summed E-state index contributed by atoms with van der Waals surface area (Å²) in [5.74, 6) is 0.375.